The molecule has 1 atom stereocenters. The number of ketones is 1. The highest BCUT2D eigenvalue weighted by Gasteiger charge is 2.26. The maximum atomic E-state index is 12.8. The molecule has 0 bridgehead atoms. The molecule has 2 aromatic heterocycles. The molecule has 0 saturated carbocycles. The van der Waals surface area contributed by atoms with Gasteiger partial charge in [0, 0.05) is 40.3 Å². The lowest BCUT2D eigenvalue weighted by Crippen LogP contribution is -2.05. The van der Waals surface area contributed by atoms with E-state index in [0.29, 0.717) is 22.9 Å². The number of allylic oxidation sites excluding steroid dienone is 1. The number of H-pyrrole nitrogens is 2. The lowest BCUT2D eigenvalue weighted by Gasteiger charge is -2.17. The van der Waals surface area contributed by atoms with E-state index in [1.165, 1.54) is 0 Å². The van der Waals surface area contributed by atoms with Gasteiger partial charge in [-0.1, -0.05) is 54.6 Å². The Hall–Kier alpha value is -5.33. The molecule has 3 N–H and O–H groups in total. The first-order valence-corrected chi connectivity index (χ1v) is 13.4. The highest BCUT2D eigenvalue weighted by atomic mass is 16.7. The van der Waals surface area contributed by atoms with E-state index in [9.17, 15) is 9.90 Å². The van der Waals surface area contributed by atoms with E-state index >= 15 is 0 Å². The molecule has 6 nitrogen and oxygen atoms in total. The molecule has 1 aliphatic rings. The summed E-state index contributed by atoms with van der Waals surface area (Å²) < 4.78 is 12.6. The highest BCUT2D eigenvalue weighted by Crippen LogP contribution is 2.50. The smallest absolute Gasteiger partial charge is 0.231 e. The molecule has 0 saturated heterocycles. The normalized spacial score (nSPS) is 13.6. The standard InChI is InChI=1S/C35H26N2O4/c38-30(28-11-5-17-36-28)15-13-24-19-22-7-1-3-9-26(22)32-33-27-10-4-2-8-23(27)20-25(35(33)41-21-40-34(24)32)14-16-31(39)29-12-6-18-37-29/h1-20,30,36-38H,21H2/b15-13-,16-14-. The van der Waals surface area contributed by atoms with Crippen LogP contribution in [0, 0.1) is 0 Å². The van der Waals surface area contributed by atoms with Gasteiger partial charge in [0.25, 0.3) is 0 Å². The van der Waals surface area contributed by atoms with Gasteiger partial charge in [0.2, 0.25) is 12.6 Å². The number of aromatic amines is 2. The lowest BCUT2D eigenvalue weighted by molar-refractivity contribution is 0.104. The van der Waals surface area contributed by atoms with E-state index < -0.39 is 6.10 Å². The summed E-state index contributed by atoms with van der Waals surface area (Å²) in [6, 6.07) is 27.7. The molecule has 7 rings (SSSR count). The summed E-state index contributed by atoms with van der Waals surface area (Å²) in [7, 11) is 0. The number of aliphatic hydroxyl groups is 1. The minimum Gasteiger partial charge on any atom is -0.456 e. The average Bonchev–Trinajstić information content (AvgIpc) is 3.71. The van der Waals surface area contributed by atoms with Crippen molar-refractivity contribution in [3.8, 4) is 22.6 Å². The molecule has 4 aromatic carbocycles. The van der Waals surface area contributed by atoms with Crippen LogP contribution in [0.1, 0.15) is 33.4 Å². The van der Waals surface area contributed by atoms with E-state index in [1.54, 1.807) is 42.8 Å². The van der Waals surface area contributed by atoms with Crippen LogP contribution in [-0.2, 0) is 0 Å². The molecule has 6 aromatic rings. The molecular weight excluding hydrogens is 512 g/mol. The number of nitrogens with one attached hydrogen (secondary N) is 2. The van der Waals surface area contributed by atoms with E-state index in [4.69, 9.17) is 9.47 Å². The fourth-order valence-electron chi connectivity index (χ4n) is 5.47. The van der Waals surface area contributed by atoms with Crippen molar-refractivity contribution in [1.29, 1.82) is 0 Å². The summed E-state index contributed by atoms with van der Waals surface area (Å²) in [5, 5.41) is 14.8. The number of benzene rings is 4. The Bertz CT molecular complexity index is 1950. The van der Waals surface area contributed by atoms with Crippen molar-refractivity contribution in [2.75, 3.05) is 6.79 Å². The van der Waals surface area contributed by atoms with Crippen molar-refractivity contribution in [1.82, 2.24) is 9.97 Å². The van der Waals surface area contributed by atoms with Crippen molar-refractivity contribution >= 4 is 39.5 Å². The summed E-state index contributed by atoms with van der Waals surface area (Å²) >= 11 is 0. The average molecular weight is 539 g/mol. The first kappa shape index (κ1) is 24.7. The Labute approximate surface area is 236 Å². The van der Waals surface area contributed by atoms with Gasteiger partial charge in [0.05, 0.1) is 5.69 Å². The Balaban J connectivity index is 1.46. The van der Waals surface area contributed by atoms with E-state index in [2.05, 4.69) is 40.3 Å². The van der Waals surface area contributed by atoms with Crippen LogP contribution in [0.25, 0.3) is 44.8 Å². The number of aromatic nitrogens is 2. The molecule has 1 aliphatic heterocycles. The van der Waals surface area contributed by atoms with Gasteiger partial charge in [-0.3, -0.25) is 4.79 Å². The minimum absolute atomic E-state index is 0.0118. The Morgan fingerprint density at radius 3 is 1.98 bits per heavy atom. The maximum Gasteiger partial charge on any atom is 0.231 e. The maximum absolute atomic E-state index is 12.8. The second-order valence-corrected chi connectivity index (χ2v) is 9.90. The van der Waals surface area contributed by atoms with Crippen LogP contribution < -0.4 is 9.47 Å². The van der Waals surface area contributed by atoms with Gasteiger partial charge in [-0.2, -0.15) is 0 Å². The van der Waals surface area contributed by atoms with Crippen LogP contribution in [0.2, 0.25) is 0 Å². The number of ether oxygens (including phenoxy) is 2. The van der Waals surface area contributed by atoms with Crippen molar-refractivity contribution in [2.24, 2.45) is 0 Å². The Morgan fingerprint density at radius 2 is 1.37 bits per heavy atom. The Kier molecular flexibility index (Phi) is 6.22. The predicted molar refractivity (Wildman–Crippen MR) is 162 cm³/mol. The third-order valence-corrected chi connectivity index (χ3v) is 7.39. The van der Waals surface area contributed by atoms with Crippen molar-refractivity contribution in [3.05, 3.63) is 132 Å². The quantitative estimate of drug-likeness (QED) is 0.150. The zero-order valence-electron chi connectivity index (χ0n) is 22.0. The van der Waals surface area contributed by atoms with Crippen LogP contribution in [-0.4, -0.2) is 27.7 Å². The van der Waals surface area contributed by atoms with Gasteiger partial charge in [-0.25, -0.2) is 0 Å². The van der Waals surface area contributed by atoms with Gasteiger partial charge >= 0.3 is 0 Å². The number of carbonyl (C=O) groups excluding carboxylic acids is 1. The predicted octanol–water partition coefficient (Wildman–Crippen LogP) is 7.69. The zero-order valence-corrected chi connectivity index (χ0v) is 22.0. The van der Waals surface area contributed by atoms with Crippen LogP contribution in [0.3, 0.4) is 0 Å². The fourth-order valence-corrected chi connectivity index (χ4v) is 5.47. The lowest BCUT2D eigenvalue weighted by atomic mass is 9.88. The molecular formula is C35H26N2O4. The van der Waals surface area contributed by atoms with Gasteiger partial charge in [0.15, 0.2) is 0 Å². The summed E-state index contributed by atoms with van der Waals surface area (Å²) in [6.07, 6.45) is 9.72. The Morgan fingerprint density at radius 1 is 0.756 bits per heavy atom. The first-order valence-electron chi connectivity index (χ1n) is 13.4. The van der Waals surface area contributed by atoms with Crippen molar-refractivity contribution < 1.29 is 19.4 Å². The van der Waals surface area contributed by atoms with Crippen LogP contribution in [0.4, 0.5) is 0 Å². The number of aliphatic hydroxyl groups excluding tert-OH is 1. The molecule has 0 spiro atoms. The van der Waals surface area contributed by atoms with Gasteiger partial charge in [-0.15, -0.1) is 0 Å². The molecule has 0 aliphatic carbocycles. The zero-order chi connectivity index (χ0) is 27.8. The molecule has 0 fully saturated rings. The van der Waals surface area contributed by atoms with Gasteiger partial charge in [-0.05, 0) is 76.2 Å². The largest absolute Gasteiger partial charge is 0.456 e. The molecule has 41 heavy (non-hydrogen) atoms. The van der Waals surface area contributed by atoms with Crippen LogP contribution in [0.15, 0.2) is 109 Å². The molecule has 6 heteroatoms. The second kappa shape index (κ2) is 10.3. The summed E-state index contributed by atoms with van der Waals surface area (Å²) in [5.41, 5.74) is 4.64. The molecule has 0 radical (unpaired) electrons. The van der Waals surface area contributed by atoms with Crippen LogP contribution in [0.5, 0.6) is 11.5 Å². The molecule has 0 amide bonds. The third-order valence-electron chi connectivity index (χ3n) is 7.39. The molecule has 200 valence electrons. The van der Waals surface area contributed by atoms with Crippen LogP contribution >= 0.6 is 0 Å². The number of carbonyl (C=O) groups is 1. The third kappa shape index (κ3) is 4.50. The van der Waals surface area contributed by atoms with E-state index in [0.717, 1.165) is 43.8 Å². The SMILES string of the molecule is O=C(/C=C\c1cc2ccccc2c2c1OCOc1c(/C=C\C(O)c3ccc[nH]3)cc3ccccc3c1-2)c1ccc[nH]1. The monoisotopic (exact) mass is 538 g/mol. The number of rotatable bonds is 6. The van der Waals surface area contributed by atoms with Gasteiger partial charge < -0.3 is 24.5 Å². The van der Waals surface area contributed by atoms with E-state index in [1.807, 2.05) is 48.5 Å². The summed E-state index contributed by atoms with van der Waals surface area (Å²) in [6.45, 7) is -0.0118. The number of hydrogen-bond acceptors (Lipinski definition) is 4. The number of fused-ring (bicyclic) bond motifs is 7. The molecule has 1 unspecified atom stereocenters. The van der Waals surface area contributed by atoms with E-state index in [-0.39, 0.29) is 12.6 Å². The second-order valence-electron chi connectivity index (χ2n) is 9.90. The highest BCUT2D eigenvalue weighted by molar-refractivity contribution is 6.13. The number of hydrogen-bond donors (Lipinski definition) is 3. The fraction of sp³-hybridized carbons (Fsp3) is 0.0571. The molecule has 3 heterocycles. The summed E-state index contributed by atoms with van der Waals surface area (Å²) in [5.74, 6) is 1.20. The van der Waals surface area contributed by atoms with Crippen molar-refractivity contribution in [3.63, 3.8) is 0 Å². The van der Waals surface area contributed by atoms with Crippen molar-refractivity contribution in [2.45, 2.75) is 6.10 Å². The topological polar surface area (TPSA) is 87.3 Å². The first-order chi connectivity index (χ1) is 20.2. The minimum atomic E-state index is -0.795. The van der Waals surface area contributed by atoms with Gasteiger partial charge in [0.1, 0.15) is 17.6 Å². The summed E-state index contributed by atoms with van der Waals surface area (Å²) in [4.78, 5) is 18.8.